The molecule has 7 heteroatoms. The molecule has 6 nitrogen and oxygen atoms in total. The number of benzene rings is 2. The molecule has 2 aromatic heterocycles. The molecule has 0 radical (unpaired) electrons. The molecule has 2 heterocycles. The van der Waals surface area contributed by atoms with Crippen LogP contribution in [0, 0.1) is 11.8 Å². The number of nitrogens with zero attached hydrogens (tertiary/aromatic N) is 2. The number of nitrogens with one attached hydrogen (secondary N) is 1. The summed E-state index contributed by atoms with van der Waals surface area (Å²) in [5, 5.41) is 7.90. The third kappa shape index (κ3) is 6.81. The molecule has 4 rings (SSSR count). The number of thiazole rings is 1. The van der Waals surface area contributed by atoms with Gasteiger partial charge in [-0.05, 0) is 61.9 Å². The Balaban J connectivity index is 1.54. The number of fused-ring (bicyclic) bond motifs is 1. The maximum atomic E-state index is 12.4. The molecule has 1 amide bonds. The average Bonchev–Trinajstić information content (AvgIpc) is 3.30. The molecule has 178 valence electrons. The summed E-state index contributed by atoms with van der Waals surface area (Å²) in [6.07, 6.45) is 3.64. The summed E-state index contributed by atoms with van der Waals surface area (Å²) in [5.41, 5.74) is 2.11. The number of aromatic nitrogens is 2. The normalized spacial score (nSPS) is 11.9. The van der Waals surface area contributed by atoms with Gasteiger partial charge in [0, 0.05) is 35.1 Å². The topological polar surface area (TPSA) is 73.3 Å². The van der Waals surface area contributed by atoms with Gasteiger partial charge < -0.3 is 14.8 Å². The highest BCUT2D eigenvalue weighted by Gasteiger charge is 2.19. The summed E-state index contributed by atoms with van der Waals surface area (Å²) in [6.45, 7) is 5.49. The van der Waals surface area contributed by atoms with Crippen LogP contribution in [0.4, 0.5) is 4.79 Å². The third-order valence-corrected chi connectivity index (χ3v) is 5.95. The van der Waals surface area contributed by atoms with E-state index in [0.29, 0.717) is 12.1 Å². The summed E-state index contributed by atoms with van der Waals surface area (Å²) in [7, 11) is 1.63. The summed E-state index contributed by atoms with van der Waals surface area (Å²) in [4.78, 5) is 21.3. The lowest BCUT2D eigenvalue weighted by atomic mass is 10.1. The standard InChI is InChI=1S/C28H27N3O3S/c1-28(2,3)34-27(32)31-23(15-19-5-11-25(33-4)12-6-19)9-10-24-18-35-26(30-24)21-7-8-22-17-29-14-13-20(22)16-21/h5-8,11-14,16-18,23H,15H2,1-4H3,(H,31,32)/t23-/m1/s1. The van der Waals surface area contributed by atoms with E-state index in [9.17, 15) is 4.79 Å². The van der Waals surface area contributed by atoms with Crippen molar-refractivity contribution in [2.45, 2.75) is 38.8 Å². The molecule has 0 aliphatic rings. The smallest absolute Gasteiger partial charge is 0.408 e. The van der Waals surface area contributed by atoms with E-state index in [2.05, 4.69) is 28.2 Å². The van der Waals surface area contributed by atoms with E-state index < -0.39 is 17.7 Å². The van der Waals surface area contributed by atoms with Crippen LogP contribution in [-0.2, 0) is 11.2 Å². The van der Waals surface area contributed by atoms with Gasteiger partial charge in [-0.15, -0.1) is 11.3 Å². The van der Waals surface area contributed by atoms with Crippen LogP contribution in [0.15, 0.2) is 66.3 Å². The highest BCUT2D eigenvalue weighted by molar-refractivity contribution is 7.13. The van der Waals surface area contributed by atoms with Gasteiger partial charge in [-0.3, -0.25) is 4.98 Å². The molecule has 0 fully saturated rings. The zero-order valence-electron chi connectivity index (χ0n) is 20.2. The van der Waals surface area contributed by atoms with Gasteiger partial charge in [-0.2, -0.15) is 0 Å². The number of methoxy groups -OCH3 is 1. The first kappa shape index (κ1) is 24.2. The molecule has 0 bridgehead atoms. The minimum atomic E-state index is -0.595. The predicted octanol–water partition coefficient (Wildman–Crippen LogP) is 5.85. The van der Waals surface area contributed by atoms with Crippen LogP contribution < -0.4 is 10.1 Å². The molecule has 1 N–H and O–H groups in total. The largest absolute Gasteiger partial charge is 0.497 e. The lowest BCUT2D eigenvalue weighted by Gasteiger charge is -2.21. The maximum absolute atomic E-state index is 12.4. The van der Waals surface area contributed by atoms with Crippen molar-refractivity contribution in [2.75, 3.05) is 7.11 Å². The second-order valence-electron chi connectivity index (χ2n) is 9.00. The average molecular weight is 486 g/mol. The number of carbonyl (C=O) groups is 1. The van der Waals surface area contributed by atoms with Crippen LogP contribution in [0.25, 0.3) is 21.3 Å². The van der Waals surface area contributed by atoms with Crippen LogP contribution in [-0.4, -0.2) is 34.8 Å². The molecular formula is C28H27N3O3S. The second-order valence-corrected chi connectivity index (χ2v) is 9.85. The van der Waals surface area contributed by atoms with Crippen LogP contribution in [0.2, 0.25) is 0 Å². The fraction of sp³-hybridized carbons (Fsp3) is 0.250. The van der Waals surface area contributed by atoms with E-state index in [4.69, 9.17) is 14.5 Å². The molecule has 0 aliphatic carbocycles. The van der Waals surface area contributed by atoms with Crippen molar-refractivity contribution in [2.24, 2.45) is 0 Å². The van der Waals surface area contributed by atoms with Crippen molar-refractivity contribution in [3.63, 3.8) is 0 Å². The molecule has 35 heavy (non-hydrogen) atoms. The summed E-state index contributed by atoms with van der Waals surface area (Å²) >= 11 is 1.54. The number of hydrogen-bond donors (Lipinski definition) is 1. The van der Waals surface area contributed by atoms with Crippen LogP contribution in [0.1, 0.15) is 32.0 Å². The number of ether oxygens (including phenoxy) is 2. The minimum absolute atomic E-state index is 0.448. The zero-order valence-corrected chi connectivity index (χ0v) is 21.0. The SMILES string of the molecule is COc1ccc(C[C@@H](C#Cc2csc(-c3ccc4cnccc4c3)n2)NC(=O)OC(C)(C)C)cc1. The van der Waals surface area contributed by atoms with E-state index in [-0.39, 0.29) is 0 Å². The van der Waals surface area contributed by atoms with Gasteiger partial charge in [0.15, 0.2) is 0 Å². The second kappa shape index (κ2) is 10.6. The van der Waals surface area contributed by atoms with Gasteiger partial charge in [0.2, 0.25) is 0 Å². The lowest BCUT2D eigenvalue weighted by Crippen LogP contribution is -2.39. The monoisotopic (exact) mass is 485 g/mol. The van der Waals surface area contributed by atoms with E-state index >= 15 is 0 Å². The molecule has 2 aromatic carbocycles. The Morgan fingerprint density at radius 3 is 2.66 bits per heavy atom. The fourth-order valence-electron chi connectivity index (χ4n) is 3.43. The molecule has 0 saturated carbocycles. The lowest BCUT2D eigenvalue weighted by molar-refractivity contribution is 0.0516. The number of rotatable bonds is 5. The minimum Gasteiger partial charge on any atom is -0.497 e. The molecule has 0 saturated heterocycles. The van der Waals surface area contributed by atoms with E-state index in [0.717, 1.165) is 32.7 Å². The zero-order chi connectivity index (χ0) is 24.8. The van der Waals surface area contributed by atoms with Gasteiger partial charge in [0.05, 0.1) is 13.2 Å². The Morgan fingerprint density at radius 1 is 1.11 bits per heavy atom. The van der Waals surface area contributed by atoms with Gasteiger partial charge in [0.1, 0.15) is 22.1 Å². The van der Waals surface area contributed by atoms with Gasteiger partial charge in [0.25, 0.3) is 0 Å². The highest BCUT2D eigenvalue weighted by atomic mass is 32.1. The number of hydrogen-bond acceptors (Lipinski definition) is 6. The van der Waals surface area contributed by atoms with Gasteiger partial charge >= 0.3 is 6.09 Å². The number of alkyl carbamates (subject to hydrolysis) is 1. The van der Waals surface area contributed by atoms with Crippen LogP contribution in [0.5, 0.6) is 5.75 Å². The highest BCUT2D eigenvalue weighted by Crippen LogP contribution is 2.26. The first-order valence-corrected chi connectivity index (χ1v) is 12.1. The maximum Gasteiger partial charge on any atom is 0.408 e. The van der Waals surface area contributed by atoms with Crippen molar-refractivity contribution < 1.29 is 14.3 Å². The van der Waals surface area contributed by atoms with Gasteiger partial charge in [-0.1, -0.05) is 30.2 Å². The van der Waals surface area contributed by atoms with E-state index in [1.807, 2.05) is 74.8 Å². The number of amides is 1. The molecule has 4 aromatic rings. The summed E-state index contributed by atoms with van der Waals surface area (Å²) in [5.74, 6) is 7.07. The molecular weight excluding hydrogens is 458 g/mol. The predicted molar refractivity (Wildman–Crippen MR) is 140 cm³/mol. The van der Waals surface area contributed by atoms with Crippen molar-refractivity contribution in [1.29, 1.82) is 0 Å². The van der Waals surface area contributed by atoms with Crippen molar-refractivity contribution in [1.82, 2.24) is 15.3 Å². The molecule has 1 atom stereocenters. The number of pyridine rings is 1. The molecule has 0 aliphatic heterocycles. The van der Waals surface area contributed by atoms with E-state index in [1.165, 1.54) is 11.3 Å². The van der Waals surface area contributed by atoms with Crippen molar-refractivity contribution in [3.8, 4) is 28.2 Å². The summed E-state index contributed by atoms with van der Waals surface area (Å²) < 4.78 is 10.7. The van der Waals surface area contributed by atoms with Gasteiger partial charge in [-0.25, -0.2) is 9.78 Å². The Bertz CT molecular complexity index is 1380. The third-order valence-electron chi connectivity index (χ3n) is 5.06. The molecule has 0 spiro atoms. The number of carbonyl (C=O) groups excluding carboxylic acids is 1. The van der Waals surface area contributed by atoms with Crippen molar-refractivity contribution in [3.05, 3.63) is 77.6 Å². The van der Waals surface area contributed by atoms with E-state index in [1.54, 1.807) is 13.3 Å². The van der Waals surface area contributed by atoms with Crippen molar-refractivity contribution >= 4 is 28.2 Å². The Morgan fingerprint density at radius 2 is 1.91 bits per heavy atom. The quantitative estimate of drug-likeness (QED) is 0.359. The Kier molecular flexibility index (Phi) is 7.33. The molecule has 0 unspecified atom stereocenters. The van der Waals surface area contributed by atoms with Crippen LogP contribution in [0.3, 0.4) is 0 Å². The van der Waals surface area contributed by atoms with Crippen LogP contribution >= 0.6 is 11.3 Å². The first-order chi connectivity index (χ1) is 16.8. The first-order valence-electron chi connectivity index (χ1n) is 11.2. The Hall–Kier alpha value is -3.89. The Labute approximate surface area is 209 Å². The summed E-state index contributed by atoms with van der Waals surface area (Å²) in [6, 6.07) is 15.4. The fourth-order valence-corrected chi connectivity index (χ4v) is 4.18.